The summed E-state index contributed by atoms with van der Waals surface area (Å²) in [6.45, 7) is 11.0. The number of nitrogens with zero attached hydrogens (tertiary/aromatic N) is 1. The zero-order chi connectivity index (χ0) is 21.2. The van der Waals surface area contributed by atoms with Crippen molar-refractivity contribution in [2.75, 3.05) is 13.2 Å². The first-order valence-electron chi connectivity index (χ1n) is 10.4. The molecular formula is C25H32N2O2. The molecule has 0 fully saturated rings. The van der Waals surface area contributed by atoms with Gasteiger partial charge >= 0.3 is 5.97 Å². The summed E-state index contributed by atoms with van der Waals surface area (Å²) in [6.07, 6.45) is 2.75. The molecule has 3 rings (SSSR count). The van der Waals surface area contributed by atoms with E-state index in [0.717, 1.165) is 22.2 Å². The van der Waals surface area contributed by atoms with Crippen LogP contribution < -0.4 is 5.73 Å². The minimum absolute atomic E-state index is 0.187. The number of aryl methyl sites for hydroxylation is 2. The third kappa shape index (κ3) is 4.23. The van der Waals surface area contributed by atoms with E-state index < -0.39 is 5.41 Å². The molecule has 1 heterocycles. The smallest absolute Gasteiger partial charge is 0.316 e. The number of carbonyl (C=O) groups excluding carboxylic acids is 1. The lowest BCUT2D eigenvalue weighted by atomic mass is 9.75. The Morgan fingerprint density at radius 2 is 1.83 bits per heavy atom. The number of aromatic nitrogens is 1. The van der Waals surface area contributed by atoms with Crippen molar-refractivity contribution < 1.29 is 9.53 Å². The predicted molar refractivity (Wildman–Crippen MR) is 120 cm³/mol. The molecule has 0 saturated heterocycles. The second-order valence-electron chi connectivity index (χ2n) is 8.40. The van der Waals surface area contributed by atoms with Crippen LogP contribution in [-0.4, -0.2) is 23.7 Å². The van der Waals surface area contributed by atoms with Gasteiger partial charge in [-0.2, -0.15) is 0 Å². The van der Waals surface area contributed by atoms with Gasteiger partial charge in [-0.25, -0.2) is 0 Å². The number of hydrogen-bond donors (Lipinski definition) is 1. The van der Waals surface area contributed by atoms with Crippen molar-refractivity contribution in [1.82, 2.24) is 4.57 Å². The molecule has 1 aromatic heterocycles. The Bertz CT molecular complexity index is 1000. The van der Waals surface area contributed by atoms with Gasteiger partial charge in [0.2, 0.25) is 0 Å². The number of carbonyl (C=O) groups is 1. The van der Waals surface area contributed by atoms with Crippen molar-refractivity contribution in [2.45, 2.75) is 46.5 Å². The number of benzene rings is 2. The Morgan fingerprint density at radius 1 is 1.14 bits per heavy atom. The van der Waals surface area contributed by atoms with Crippen LogP contribution in [-0.2, 0) is 14.9 Å². The topological polar surface area (TPSA) is 57.2 Å². The predicted octanol–water partition coefficient (Wildman–Crippen LogP) is 5.05. The second kappa shape index (κ2) is 8.42. The average Bonchev–Trinajstić information content (AvgIpc) is 3.10. The summed E-state index contributed by atoms with van der Waals surface area (Å²) in [5.41, 5.74) is 10.9. The Kier molecular flexibility index (Phi) is 6.13. The summed E-state index contributed by atoms with van der Waals surface area (Å²) in [5, 5.41) is 1.11. The summed E-state index contributed by atoms with van der Waals surface area (Å²) < 4.78 is 7.63. The Balaban J connectivity index is 2.07. The van der Waals surface area contributed by atoms with E-state index in [1.807, 2.05) is 13.8 Å². The third-order valence-corrected chi connectivity index (χ3v) is 5.70. The van der Waals surface area contributed by atoms with E-state index in [2.05, 4.69) is 74.0 Å². The molecule has 0 radical (unpaired) electrons. The largest absolute Gasteiger partial charge is 0.465 e. The normalized spacial score (nSPS) is 14.6. The van der Waals surface area contributed by atoms with Crippen LogP contribution in [0.25, 0.3) is 16.6 Å². The number of fused-ring (bicyclic) bond motifs is 1. The second-order valence-corrected chi connectivity index (χ2v) is 8.40. The van der Waals surface area contributed by atoms with Crippen LogP contribution in [0.3, 0.4) is 0 Å². The fourth-order valence-corrected chi connectivity index (χ4v) is 4.19. The maximum absolute atomic E-state index is 12.9. The third-order valence-electron chi connectivity index (χ3n) is 5.70. The molecule has 0 aliphatic heterocycles. The van der Waals surface area contributed by atoms with Gasteiger partial charge in [0.25, 0.3) is 0 Å². The monoisotopic (exact) mass is 392 g/mol. The molecule has 2 N–H and O–H groups in total. The summed E-state index contributed by atoms with van der Waals surface area (Å²) in [4.78, 5) is 12.9. The van der Waals surface area contributed by atoms with E-state index in [9.17, 15) is 4.79 Å². The van der Waals surface area contributed by atoms with Gasteiger partial charge in [0.15, 0.2) is 0 Å². The van der Waals surface area contributed by atoms with Crippen molar-refractivity contribution >= 4 is 16.9 Å². The van der Waals surface area contributed by atoms with Crippen LogP contribution in [0.2, 0.25) is 0 Å². The lowest BCUT2D eigenvalue weighted by Crippen LogP contribution is -2.37. The first-order valence-corrected chi connectivity index (χ1v) is 10.4. The van der Waals surface area contributed by atoms with Gasteiger partial charge in [-0.1, -0.05) is 19.1 Å². The first kappa shape index (κ1) is 21.1. The Labute approximate surface area is 173 Å². The lowest BCUT2D eigenvalue weighted by molar-refractivity contribution is -0.150. The van der Waals surface area contributed by atoms with Crippen molar-refractivity contribution in [2.24, 2.45) is 11.7 Å². The van der Waals surface area contributed by atoms with Gasteiger partial charge in [0.05, 0.1) is 17.5 Å². The molecule has 2 unspecified atom stereocenters. The number of nitrogens with two attached hydrogens (primary N) is 1. The molecule has 0 bridgehead atoms. The van der Waals surface area contributed by atoms with Gasteiger partial charge in [0.1, 0.15) is 0 Å². The first-order chi connectivity index (χ1) is 13.8. The summed E-state index contributed by atoms with van der Waals surface area (Å²) in [6, 6.07) is 14.9. The van der Waals surface area contributed by atoms with Crippen LogP contribution in [0, 0.1) is 19.8 Å². The summed E-state index contributed by atoms with van der Waals surface area (Å²) >= 11 is 0. The molecule has 2 atom stereocenters. The molecule has 2 aromatic carbocycles. The van der Waals surface area contributed by atoms with E-state index in [1.165, 1.54) is 11.1 Å². The molecule has 0 spiro atoms. The molecule has 4 nitrogen and oxygen atoms in total. The van der Waals surface area contributed by atoms with Crippen molar-refractivity contribution in [1.29, 1.82) is 0 Å². The van der Waals surface area contributed by atoms with Gasteiger partial charge < -0.3 is 15.0 Å². The zero-order valence-corrected chi connectivity index (χ0v) is 18.2. The van der Waals surface area contributed by atoms with Crippen LogP contribution >= 0.6 is 0 Å². The number of ether oxygens (including phenoxy) is 1. The average molecular weight is 393 g/mol. The lowest BCUT2D eigenvalue weighted by Gasteiger charge is -2.30. The van der Waals surface area contributed by atoms with E-state index in [1.54, 1.807) is 0 Å². The Morgan fingerprint density at radius 3 is 2.45 bits per heavy atom. The number of rotatable bonds is 7. The van der Waals surface area contributed by atoms with Crippen molar-refractivity contribution in [3.63, 3.8) is 0 Å². The molecule has 0 saturated carbocycles. The van der Waals surface area contributed by atoms with Gasteiger partial charge in [-0.05, 0) is 93.6 Å². The molecule has 0 aliphatic carbocycles. The summed E-state index contributed by atoms with van der Waals surface area (Å²) in [7, 11) is 0. The molecule has 0 amide bonds. The van der Waals surface area contributed by atoms with Gasteiger partial charge in [-0.15, -0.1) is 0 Å². The molecule has 0 aliphatic rings. The molecule has 3 aromatic rings. The van der Waals surface area contributed by atoms with E-state index in [4.69, 9.17) is 10.5 Å². The minimum atomic E-state index is -0.717. The Hall–Kier alpha value is -2.59. The quantitative estimate of drug-likeness (QED) is 0.572. The fraction of sp³-hybridized carbons (Fsp3) is 0.400. The maximum atomic E-state index is 12.9. The van der Waals surface area contributed by atoms with Gasteiger partial charge in [-0.3, -0.25) is 4.79 Å². The summed E-state index contributed by atoms with van der Waals surface area (Å²) in [5.74, 6) is 0.0355. The molecule has 4 heteroatoms. The van der Waals surface area contributed by atoms with Crippen LogP contribution in [0.5, 0.6) is 0 Å². The highest BCUT2D eigenvalue weighted by atomic mass is 16.5. The standard InChI is InChI=1S/C25H32N2O2/c1-6-29-24(28)25(5,15-19(4)16-26)21-7-8-23-20(14-21)9-10-27(23)22-12-17(2)11-18(3)13-22/h7-14,19H,6,15-16,26H2,1-5H3. The van der Waals surface area contributed by atoms with Crippen molar-refractivity contribution in [3.05, 3.63) is 65.4 Å². The SMILES string of the molecule is CCOC(=O)C(C)(CC(C)CN)c1ccc2c(ccn2-c2cc(C)cc(C)c2)c1. The van der Waals surface area contributed by atoms with Crippen LogP contribution in [0.4, 0.5) is 0 Å². The highest BCUT2D eigenvalue weighted by molar-refractivity contribution is 5.87. The van der Waals surface area contributed by atoms with E-state index in [-0.39, 0.29) is 11.9 Å². The van der Waals surface area contributed by atoms with E-state index in [0.29, 0.717) is 19.6 Å². The fourth-order valence-electron chi connectivity index (χ4n) is 4.19. The molecular weight excluding hydrogens is 360 g/mol. The van der Waals surface area contributed by atoms with Gasteiger partial charge in [0, 0.05) is 17.3 Å². The highest BCUT2D eigenvalue weighted by Crippen LogP contribution is 2.35. The van der Waals surface area contributed by atoms with Crippen LogP contribution in [0.1, 0.15) is 43.9 Å². The maximum Gasteiger partial charge on any atom is 0.316 e. The highest BCUT2D eigenvalue weighted by Gasteiger charge is 2.38. The number of hydrogen-bond acceptors (Lipinski definition) is 3. The molecule has 154 valence electrons. The van der Waals surface area contributed by atoms with E-state index >= 15 is 0 Å². The minimum Gasteiger partial charge on any atom is -0.465 e. The van der Waals surface area contributed by atoms with Crippen LogP contribution in [0.15, 0.2) is 48.7 Å². The number of esters is 1. The van der Waals surface area contributed by atoms with Crippen molar-refractivity contribution in [3.8, 4) is 5.69 Å². The zero-order valence-electron chi connectivity index (χ0n) is 18.2. The molecule has 29 heavy (non-hydrogen) atoms.